The largest absolute Gasteiger partial charge is 0.498 e. The average molecular weight is 424 g/mol. The third-order valence-corrected chi connectivity index (χ3v) is 5.40. The highest BCUT2D eigenvalue weighted by Crippen LogP contribution is 2.38. The lowest BCUT2D eigenvalue weighted by Gasteiger charge is -2.32. The minimum Gasteiger partial charge on any atom is -0.497 e. The molecule has 1 aliphatic rings. The van der Waals surface area contributed by atoms with Crippen LogP contribution in [0.15, 0.2) is 24.3 Å². The van der Waals surface area contributed by atoms with E-state index in [1.165, 1.54) is 6.92 Å². The van der Waals surface area contributed by atoms with E-state index in [0.717, 1.165) is 5.56 Å². The average Bonchev–Trinajstić information content (AvgIpc) is 2.86. The first-order valence-electron chi connectivity index (χ1n) is 9.41. The van der Waals surface area contributed by atoms with Crippen LogP contribution in [0.4, 0.5) is 13.2 Å². The molecule has 0 bridgehead atoms. The number of hydrogen-bond acceptors (Lipinski definition) is 6. The molecule has 6 nitrogen and oxygen atoms in total. The highest BCUT2D eigenvalue weighted by molar-refractivity contribution is 6.63. The second kappa shape index (κ2) is 7.74. The van der Waals surface area contributed by atoms with Gasteiger partial charge in [-0.1, -0.05) is 12.1 Å². The molecule has 2 heterocycles. The molecule has 30 heavy (non-hydrogen) atoms. The number of rotatable bonds is 5. The fourth-order valence-corrected chi connectivity index (χ4v) is 2.95. The van der Waals surface area contributed by atoms with E-state index in [4.69, 9.17) is 18.8 Å². The first kappa shape index (κ1) is 22.4. The maximum atomic E-state index is 13.8. The van der Waals surface area contributed by atoms with Crippen LogP contribution in [0.1, 0.15) is 44.6 Å². The van der Waals surface area contributed by atoms with E-state index in [1.54, 1.807) is 59.1 Å². The van der Waals surface area contributed by atoms with E-state index in [0.29, 0.717) is 5.75 Å². The minimum absolute atomic E-state index is 0.0105. The first-order valence-corrected chi connectivity index (χ1v) is 9.41. The van der Waals surface area contributed by atoms with Gasteiger partial charge in [-0.15, -0.1) is 0 Å². The summed E-state index contributed by atoms with van der Waals surface area (Å²) in [5, 5.41) is 0. The fraction of sp³-hybridized carbons (Fsp3) is 0.500. The van der Waals surface area contributed by atoms with Crippen LogP contribution >= 0.6 is 0 Å². The molecule has 1 aliphatic heterocycles. The molecule has 1 aromatic carbocycles. The maximum Gasteiger partial charge on any atom is 0.498 e. The third kappa shape index (κ3) is 4.39. The molecule has 10 heteroatoms. The van der Waals surface area contributed by atoms with Crippen LogP contribution in [0.5, 0.6) is 11.8 Å². The number of benzene rings is 1. The van der Waals surface area contributed by atoms with Crippen LogP contribution in [-0.2, 0) is 22.1 Å². The quantitative estimate of drug-likeness (QED) is 0.683. The summed E-state index contributed by atoms with van der Waals surface area (Å²) in [7, 11) is 0.310. The summed E-state index contributed by atoms with van der Waals surface area (Å²) in [4.78, 5) is 7.77. The molecule has 0 radical (unpaired) electrons. The van der Waals surface area contributed by atoms with Gasteiger partial charge in [0.15, 0.2) is 5.69 Å². The van der Waals surface area contributed by atoms with Gasteiger partial charge in [0.25, 0.3) is 0 Å². The predicted molar refractivity (Wildman–Crippen MR) is 105 cm³/mol. The molecule has 0 spiro atoms. The molecule has 0 N–H and O–H groups in total. The van der Waals surface area contributed by atoms with Gasteiger partial charge in [-0.25, -0.2) is 4.98 Å². The lowest BCUT2D eigenvalue weighted by molar-refractivity contribution is -0.140. The number of aryl methyl sites for hydroxylation is 1. The van der Waals surface area contributed by atoms with Crippen molar-refractivity contribution < 1.29 is 32.0 Å². The summed E-state index contributed by atoms with van der Waals surface area (Å²) in [6.07, 6.45) is -4.73. The highest BCUT2D eigenvalue weighted by atomic mass is 19.4. The van der Waals surface area contributed by atoms with Crippen molar-refractivity contribution in [2.45, 2.75) is 58.6 Å². The van der Waals surface area contributed by atoms with E-state index in [1.807, 2.05) is 0 Å². The molecule has 3 rings (SSSR count). The van der Waals surface area contributed by atoms with Gasteiger partial charge in [0.1, 0.15) is 12.4 Å². The summed E-state index contributed by atoms with van der Waals surface area (Å²) in [6, 6.07) is 6.58. The zero-order valence-electron chi connectivity index (χ0n) is 17.8. The standard InChI is InChI=1S/C20H24BF3N2O4/c1-12-15(21-29-18(2,3)19(4,5)30-21)16(20(22,23)24)26-17(25-12)28-11-13-7-9-14(27-6)10-8-13/h7-10H,11H2,1-6H3. The Morgan fingerprint density at radius 3 is 2.07 bits per heavy atom. The van der Waals surface area contributed by atoms with Crippen molar-refractivity contribution in [2.24, 2.45) is 0 Å². The second-order valence-corrected chi connectivity index (χ2v) is 8.08. The molecule has 1 fully saturated rings. The Kier molecular flexibility index (Phi) is 5.77. The van der Waals surface area contributed by atoms with Gasteiger partial charge < -0.3 is 18.8 Å². The Morgan fingerprint density at radius 2 is 1.57 bits per heavy atom. The monoisotopic (exact) mass is 424 g/mol. The molecule has 1 aromatic heterocycles. The molecular weight excluding hydrogens is 400 g/mol. The number of hydrogen-bond donors (Lipinski definition) is 0. The molecule has 2 aromatic rings. The second-order valence-electron chi connectivity index (χ2n) is 8.08. The first-order chi connectivity index (χ1) is 13.8. The van der Waals surface area contributed by atoms with Crippen LogP contribution < -0.4 is 14.9 Å². The van der Waals surface area contributed by atoms with Crippen molar-refractivity contribution in [3.8, 4) is 11.8 Å². The van der Waals surface area contributed by atoms with Gasteiger partial charge in [-0.3, -0.25) is 0 Å². The smallest absolute Gasteiger partial charge is 0.497 e. The van der Waals surface area contributed by atoms with Crippen LogP contribution in [0, 0.1) is 6.92 Å². The molecule has 0 amide bonds. The van der Waals surface area contributed by atoms with Crippen molar-refractivity contribution in [3.63, 3.8) is 0 Å². The van der Waals surface area contributed by atoms with Gasteiger partial charge in [0.2, 0.25) is 0 Å². The van der Waals surface area contributed by atoms with E-state index in [9.17, 15) is 13.2 Å². The number of alkyl halides is 3. The zero-order valence-corrected chi connectivity index (χ0v) is 17.8. The molecular formula is C20H24BF3N2O4. The Morgan fingerprint density at radius 1 is 1.00 bits per heavy atom. The number of halogens is 3. The number of methoxy groups -OCH3 is 1. The highest BCUT2D eigenvalue weighted by Gasteiger charge is 2.55. The number of aromatic nitrogens is 2. The number of nitrogens with zero attached hydrogens (tertiary/aromatic N) is 2. The van der Waals surface area contributed by atoms with Gasteiger partial charge in [-0.05, 0) is 52.3 Å². The maximum absolute atomic E-state index is 13.8. The van der Waals surface area contributed by atoms with Gasteiger partial charge >= 0.3 is 19.3 Å². The van der Waals surface area contributed by atoms with Crippen LogP contribution in [0.25, 0.3) is 0 Å². The van der Waals surface area contributed by atoms with Crippen LogP contribution in [0.3, 0.4) is 0 Å². The normalized spacial score (nSPS) is 17.8. The molecule has 0 atom stereocenters. The van der Waals surface area contributed by atoms with Crippen molar-refractivity contribution >= 4 is 12.6 Å². The Balaban J connectivity index is 1.90. The van der Waals surface area contributed by atoms with Crippen molar-refractivity contribution in [1.29, 1.82) is 0 Å². The van der Waals surface area contributed by atoms with Gasteiger partial charge in [0, 0.05) is 11.2 Å². The molecule has 0 aliphatic carbocycles. The molecule has 0 saturated carbocycles. The van der Waals surface area contributed by atoms with Crippen molar-refractivity contribution in [1.82, 2.24) is 9.97 Å². The predicted octanol–water partition coefficient (Wildman–Crippen LogP) is 3.69. The number of ether oxygens (including phenoxy) is 2. The van der Waals surface area contributed by atoms with Crippen LogP contribution in [-0.4, -0.2) is 35.4 Å². The fourth-order valence-electron chi connectivity index (χ4n) is 2.95. The Hall–Kier alpha value is -2.33. The lowest BCUT2D eigenvalue weighted by Crippen LogP contribution is -2.42. The lowest BCUT2D eigenvalue weighted by atomic mass is 9.76. The Labute approximate surface area is 173 Å². The summed E-state index contributed by atoms with van der Waals surface area (Å²) in [5.74, 6) is 0.664. The van der Waals surface area contributed by atoms with Gasteiger partial charge in [0.05, 0.1) is 18.3 Å². The van der Waals surface area contributed by atoms with Gasteiger partial charge in [-0.2, -0.15) is 18.2 Å². The van der Waals surface area contributed by atoms with E-state index in [2.05, 4.69) is 9.97 Å². The summed E-state index contributed by atoms with van der Waals surface area (Å²) >= 11 is 0. The van der Waals surface area contributed by atoms with Crippen molar-refractivity contribution in [3.05, 3.63) is 41.2 Å². The van der Waals surface area contributed by atoms with E-state index < -0.39 is 30.2 Å². The SMILES string of the molecule is COc1ccc(COc2nc(C)c(B3OC(C)(C)C(C)(C)O3)c(C(F)(F)F)n2)cc1. The zero-order chi connectivity index (χ0) is 22.3. The molecule has 162 valence electrons. The third-order valence-electron chi connectivity index (χ3n) is 5.40. The molecule has 1 saturated heterocycles. The summed E-state index contributed by atoms with van der Waals surface area (Å²) in [5.41, 5.74) is -2.13. The summed E-state index contributed by atoms with van der Waals surface area (Å²) in [6.45, 7) is 8.53. The van der Waals surface area contributed by atoms with Crippen molar-refractivity contribution in [2.75, 3.05) is 7.11 Å². The van der Waals surface area contributed by atoms with E-state index in [-0.39, 0.29) is 23.8 Å². The van der Waals surface area contributed by atoms with E-state index >= 15 is 0 Å². The minimum atomic E-state index is -4.73. The Bertz CT molecular complexity index is 902. The topological polar surface area (TPSA) is 62.7 Å². The molecule has 0 unspecified atom stereocenters. The van der Waals surface area contributed by atoms with Crippen LogP contribution in [0.2, 0.25) is 0 Å². The summed E-state index contributed by atoms with van der Waals surface area (Å²) < 4.78 is 63.6.